The number of alkyl halides is 1. The molecule has 2 aromatic rings. The first-order chi connectivity index (χ1) is 14.7. The highest BCUT2D eigenvalue weighted by Crippen LogP contribution is 2.16. The summed E-state index contributed by atoms with van der Waals surface area (Å²) in [5.74, 6) is -1.20. The summed E-state index contributed by atoms with van der Waals surface area (Å²) in [7, 11) is 0. The topological polar surface area (TPSA) is 75.6 Å². The van der Waals surface area contributed by atoms with Crippen LogP contribution in [0, 0.1) is 6.92 Å². The summed E-state index contributed by atoms with van der Waals surface area (Å²) in [5, 5.41) is 12.3. The van der Waals surface area contributed by atoms with E-state index in [1.807, 2.05) is 25.1 Å². The molecule has 1 unspecified atom stereocenters. The van der Waals surface area contributed by atoms with Crippen LogP contribution in [0.4, 0.5) is 4.39 Å². The second-order valence-electron chi connectivity index (χ2n) is 7.86. The van der Waals surface area contributed by atoms with E-state index in [9.17, 15) is 19.1 Å². The maximum Gasteiger partial charge on any atom is 0.333 e. The fraction of sp³-hybridized carbons (Fsp3) is 0.360. The number of hydrogen-bond acceptors (Lipinski definition) is 3. The standard InChI is InChI=1S/C25H30FNO4/c1-16(2)31-23(25(29)30)13-21-6-5-17(3)22(12-21)15-27-24(28)18(4)11-19-7-9-20(14-26)10-8-19/h5-12,16,23H,13-15H2,1-4H3,(H,27,28)(H,29,30)/b18-11+. The lowest BCUT2D eigenvalue weighted by atomic mass is 10.0. The van der Waals surface area contributed by atoms with Gasteiger partial charge in [0.2, 0.25) is 5.91 Å². The number of amides is 1. The van der Waals surface area contributed by atoms with E-state index >= 15 is 0 Å². The fourth-order valence-corrected chi connectivity index (χ4v) is 3.11. The number of nitrogens with one attached hydrogen (secondary N) is 1. The predicted octanol–water partition coefficient (Wildman–Crippen LogP) is 4.60. The monoisotopic (exact) mass is 427 g/mol. The highest BCUT2D eigenvalue weighted by molar-refractivity contribution is 5.97. The zero-order chi connectivity index (χ0) is 23.0. The van der Waals surface area contributed by atoms with Crippen LogP contribution >= 0.6 is 0 Å². The van der Waals surface area contributed by atoms with E-state index in [2.05, 4.69) is 5.32 Å². The highest BCUT2D eigenvalue weighted by atomic mass is 19.1. The second-order valence-corrected chi connectivity index (χ2v) is 7.86. The molecule has 5 nitrogen and oxygen atoms in total. The molecule has 0 saturated carbocycles. The Bertz CT molecular complexity index is 935. The van der Waals surface area contributed by atoms with Crippen LogP contribution < -0.4 is 5.32 Å². The van der Waals surface area contributed by atoms with Gasteiger partial charge in [0.15, 0.2) is 6.10 Å². The third-order valence-corrected chi connectivity index (χ3v) is 4.86. The Hall–Kier alpha value is -2.99. The Morgan fingerprint density at radius 2 is 1.77 bits per heavy atom. The molecule has 0 bridgehead atoms. The molecule has 0 aliphatic carbocycles. The molecule has 2 aromatic carbocycles. The maximum atomic E-state index is 12.6. The van der Waals surface area contributed by atoms with Gasteiger partial charge in [-0.1, -0.05) is 42.5 Å². The molecule has 1 amide bonds. The van der Waals surface area contributed by atoms with Gasteiger partial charge in [0.25, 0.3) is 0 Å². The largest absolute Gasteiger partial charge is 0.479 e. The maximum absolute atomic E-state index is 12.6. The van der Waals surface area contributed by atoms with E-state index in [-0.39, 0.29) is 18.4 Å². The van der Waals surface area contributed by atoms with Crippen molar-refractivity contribution in [2.24, 2.45) is 0 Å². The first kappa shape index (κ1) is 24.3. The average molecular weight is 428 g/mol. The van der Waals surface area contributed by atoms with E-state index in [0.717, 1.165) is 22.3 Å². The number of carbonyl (C=O) groups is 2. The third-order valence-electron chi connectivity index (χ3n) is 4.86. The predicted molar refractivity (Wildman–Crippen MR) is 119 cm³/mol. The molecule has 2 rings (SSSR count). The lowest BCUT2D eigenvalue weighted by Gasteiger charge is -2.17. The van der Waals surface area contributed by atoms with E-state index in [1.54, 1.807) is 51.1 Å². The highest BCUT2D eigenvalue weighted by Gasteiger charge is 2.20. The zero-order valence-corrected chi connectivity index (χ0v) is 18.4. The van der Waals surface area contributed by atoms with Crippen LogP contribution in [0.2, 0.25) is 0 Å². The molecule has 31 heavy (non-hydrogen) atoms. The SMILES string of the molecule is C/C(=C\c1ccc(CF)cc1)C(=O)NCc1cc(CC(OC(C)C)C(=O)O)ccc1C. The van der Waals surface area contributed by atoms with Gasteiger partial charge in [0.1, 0.15) is 6.67 Å². The van der Waals surface area contributed by atoms with Gasteiger partial charge in [-0.05, 0) is 61.6 Å². The first-order valence-electron chi connectivity index (χ1n) is 10.3. The minimum absolute atomic E-state index is 0.187. The molecule has 0 saturated heterocycles. The molecule has 0 heterocycles. The summed E-state index contributed by atoms with van der Waals surface area (Å²) < 4.78 is 18.1. The number of ether oxygens (including phenoxy) is 1. The number of aliphatic carboxylic acids is 1. The van der Waals surface area contributed by atoms with Crippen LogP contribution in [0.1, 0.15) is 48.6 Å². The van der Waals surface area contributed by atoms with Crippen molar-refractivity contribution in [3.63, 3.8) is 0 Å². The molecule has 0 radical (unpaired) electrons. The van der Waals surface area contributed by atoms with Crippen molar-refractivity contribution >= 4 is 18.0 Å². The zero-order valence-electron chi connectivity index (χ0n) is 18.4. The molecule has 0 fully saturated rings. The lowest BCUT2D eigenvalue weighted by Crippen LogP contribution is -2.29. The third kappa shape index (κ3) is 7.64. The number of carboxylic acid groups (broad SMARTS) is 1. The van der Waals surface area contributed by atoms with Crippen molar-refractivity contribution in [3.8, 4) is 0 Å². The summed E-state index contributed by atoms with van der Waals surface area (Å²) in [6, 6.07) is 12.6. The van der Waals surface area contributed by atoms with Crippen molar-refractivity contribution in [1.82, 2.24) is 5.32 Å². The Morgan fingerprint density at radius 1 is 1.13 bits per heavy atom. The van der Waals surface area contributed by atoms with Gasteiger partial charge in [0.05, 0.1) is 6.10 Å². The van der Waals surface area contributed by atoms with Crippen LogP contribution in [0.3, 0.4) is 0 Å². The van der Waals surface area contributed by atoms with Crippen LogP contribution in [-0.4, -0.2) is 29.2 Å². The van der Waals surface area contributed by atoms with E-state index in [1.165, 1.54) is 0 Å². The normalized spacial score (nSPS) is 12.6. The number of carbonyl (C=O) groups excluding carboxylic acids is 1. The molecule has 0 aromatic heterocycles. The minimum atomic E-state index is -0.996. The van der Waals surface area contributed by atoms with Crippen LogP contribution in [0.25, 0.3) is 6.08 Å². The number of carboxylic acids is 1. The van der Waals surface area contributed by atoms with Crippen molar-refractivity contribution in [3.05, 3.63) is 75.9 Å². The Morgan fingerprint density at radius 3 is 2.35 bits per heavy atom. The van der Waals surface area contributed by atoms with E-state index < -0.39 is 18.7 Å². The summed E-state index contributed by atoms with van der Waals surface area (Å²) in [6.07, 6.45) is 0.900. The van der Waals surface area contributed by atoms with Gasteiger partial charge >= 0.3 is 5.97 Å². The van der Waals surface area contributed by atoms with Gasteiger partial charge in [-0.3, -0.25) is 4.79 Å². The minimum Gasteiger partial charge on any atom is -0.479 e. The summed E-state index contributed by atoms with van der Waals surface area (Å²) in [5.41, 5.74) is 4.72. The summed E-state index contributed by atoms with van der Waals surface area (Å²) >= 11 is 0. The van der Waals surface area contributed by atoms with E-state index in [0.29, 0.717) is 17.7 Å². The molecular weight excluding hydrogens is 397 g/mol. The molecule has 6 heteroatoms. The van der Waals surface area contributed by atoms with Crippen LogP contribution in [0.15, 0.2) is 48.0 Å². The summed E-state index contributed by atoms with van der Waals surface area (Å²) in [6.45, 7) is 7.09. The molecule has 0 spiro atoms. The number of halogens is 1. The number of rotatable bonds is 10. The fourth-order valence-electron chi connectivity index (χ4n) is 3.11. The smallest absolute Gasteiger partial charge is 0.333 e. The molecule has 0 aliphatic rings. The van der Waals surface area contributed by atoms with Gasteiger partial charge in [-0.15, -0.1) is 0 Å². The number of hydrogen-bond donors (Lipinski definition) is 2. The number of aryl methyl sites for hydroxylation is 1. The number of benzene rings is 2. The first-order valence-corrected chi connectivity index (χ1v) is 10.3. The van der Waals surface area contributed by atoms with Gasteiger partial charge in [0, 0.05) is 18.5 Å². The van der Waals surface area contributed by atoms with Gasteiger partial charge in [-0.25, -0.2) is 9.18 Å². The Balaban J connectivity index is 2.04. The van der Waals surface area contributed by atoms with Crippen molar-refractivity contribution in [2.75, 3.05) is 0 Å². The Labute approximate surface area is 182 Å². The molecule has 2 N–H and O–H groups in total. The van der Waals surface area contributed by atoms with Crippen molar-refractivity contribution in [1.29, 1.82) is 0 Å². The summed E-state index contributed by atoms with van der Waals surface area (Å²) in [4.78, 5) is 24.0. The van der Waals surface area contributed by atoms with Gasteiger partial charge < -0.3 is 15.2 Å². The molecule has 166 valence electrons. The van der Waals surface area contributed by atoms with E-state index in [4.69, 9.17) is 4.74 Å². The average Bonchev–Trinajstić information content (AvgIpc) is 2.73. The Kier molecular flexibility index (Phi) is 8.94. The second kappa shape index (κ2) is 11.4. The van der Waals surface area contributed by atoms with Crippen LogP contribution in [0.5, 0.6) is 0 Å². The molecule has 1 atom stereocenters. The lowest BCUT2D eigenvalue weighted by molar-refractivity contribution is -0.153. The van der Waals surface area contributed by atoms with Crippen LogP contribution in [-0.2, 0) is 34.0 Å². The quantitative estimate of drug-likeness (QED) is 0.543. The van der Waals surface area contributed by atoms with Crippen molar-refractivity contribution < 1.29 is 23.8 Å². The van der Waals surface area contributed by atoms with Gasteiger partial charge in [-0.2, -0.15) is 0 Å². The molecular formula is C25H30FNO4. The molecule has 0 aliphatic heterocycles. The van der Waals surface area contributed by atoms with Crippen molar-refractivity contribution in [2.45, 2.75) is 59.5 Å².